The van der Waals surface area contributed by atoms with Gasteiger partial charge in [-0.2, -0.15) is 0 Å². The summed E-state index contributed by atoms with van der Waals surface area (Å²) in [5.74, 6) is 1.40. The van der Waals surface area contributed by atoms with Gasteiger partial charge in [-0.15, -0.1) is 0 Å². The van der Waals surface area contributed by atoms with E-state index in [0.29, 0.717) is 38.8 Å². The normalized spacial score (nSPS) is 15.2. The van der Waals surface area contributed by atoms with Gasteiger partial charge in [0, 0.05) is 29.7 Å². The fourth-order valence-electron chi connectivity index (χ4n) is 2.20. The monoisotopic (exact) mass is 369 g/mol. The molecule has 1 aromatic carbocycles. The average molecular weight is 370 g/mol. The Hall–Kier alpha value is -0.880. The minimum Gasteiger partial charge on any atom is -0.489 e. The standard InChI is InChI=1S/C17H24BrNO3/c1-12(2)9-21-11-16(20)8-19-7-13-5-14-6-15(18)3-4-17(14)22-10-13/h3-6,12,16,19-20H,7-11H2,1-2H3. The lowest BCUT2D eigenvalue weighted by atomic mass is 10.1. The van der Waals surface area contributed by atoms with Crippen molar-refractivity contribution < 1.29 is 14.6 Å². The maximum absolute atomic E-state index is 9.84. The molecule has 22 heavy (non-hydrogen) atoms. The first-order chi connectivity index (χ1) is 10.5. The van der Waals surface area contributed by atoms with Crippen LogP contribution in [0.4, 0.5) is 0 Å². The van der Waals surface area contributed by atoms with Crippen LogP contribution in [0, 0.1) is 5.92 Å². The van der Waals surface area contributed by atoms with Crippen LogP contribution in [0.15, 0.2) is 28.2 Å². The Bertz CT molecular complexity index is 517. The van der Waals surface area contributed by atoms with Crippen molar-refractivity contribution >= 4 is 22.0 Å². The molecule has 1 unspecified atom stereocenters. The zero-order chi connectivity index (χ0) is 15.9. The van der Waals surface area contributed by atoms with E-state index in [1.54, 1.807) is 0 Å². The van der Waals surface area contributed by atoms with E-state index in [0.717, 1.165) is 15.8 Å². The van der Waals surface area contributed by atoms with Crippen molar-refractivity contribution in [3.8, 4) is 5.75 Å². The molecule has 0 radical (unpaired) electrons. The molecule has 0 amide bonds. The van der Waals surface area contributed by atoms with Crippen LogP contribution in [0.1, 0.15) is 19.4 Å². The third kappa shape index (κ3) is 5.72. The molecule has 0 saturated heterocycles. The Morgan fingerprint density at radius 3 is 2.95 bits per heavy atom. The zero-order valence-electron chi connectivity index (χ0n) is 13.1. The lowest BCUT2D eigenvalue weighted by molar-refractivity contribution is 0.0265. The molecule has 0 spiro atoms. The fraction of sp³-hybridized carbons (Fsp3) is 0.529. The van der Waals surface area contributed by atoms with Gasteiger partial charge < -0.3 is 19.9 Å². The second kappa shape index (κ2) is 8.67. The van der Waals surface area contributed by atoms with Crippen molar-refractivity contribution in [1.29, 1.82) is 0 Å². The molecule has 1 atom stereocenters. The van der Waals surface area contributed by atoms with E-state index in [1.165, 1.54) is 5.57 Å². The van der Waals surface area contributed by atoms with E-state index >= 15 is 0 Å². The van der Waals surface area contributed by atoms with Gasteiger partial charge in [0.25, 0.3) is 0 Å². The topological polar surface area (TPSA) is 50.7 Å². The molecule has 5 heteroatoms. The number of benzene rings is 1. The van der Waals surface area contributed by atoms with Gasteiger partial charge in [-0.3, -0.25) is 0 Å². The third-order valence-corrected chi connectivity index (χ3v) is 3.73. The van der Waals surface area contributed by atoms with Gasteiger partial charge in [0.05, 0.1) is 12.7 Å². The predicted octanol–water partition coefficient (Wildman–Crippen LogP) is 2.85. The first-order valence-corrected chi connectivity index (χ1v) is 8.42. The van der Waals surface area contributed by atoms with Crippen LogP contribution in [0.5, 0.6) is 5.75 Å². The first-order valence-electron chi connectivity index (χ1n) is 7.63. The number of nitrogens with one attached hydrogen (secondary N) is 1. The van der Waals surface area contributed by atoms with Gasteiger partial charge in [0.15, 0.2) is 0 Å². The van der Waals surface area contributed by atoms with Gasteiger partial charge in [-0.1, -0.05) is 29.8 Å². The largest absolute Gasteiger partial charge is 0.489 e. The lowest BCUT2D eigenvalue weighted by Gasteiger charge is -2.19. The van der Waals surface area contributed by atoms with Gasteiger partial charge in [0.1, 0.15) is 12.4 Å². The van der Waals surface area contributed by atoms with Crippen molar-refractivity contribution in [2.45, 2.75) is 20.0 Å². The maximum Gasteiger partial charge on any atom is 0.127 e. The summed E-state index contributed by atoms with van der Waals surface area (Å²) < 4.78 is 12.2. The van der Waals surface area contributed by atoms with E-state index in [-0.39, 0.29) is 0 Å². The van der Waals surface area contributed by atoms with Gasteiger partial charge >= 0.3 is 0 Å². The van der Waals surface area contributed by atoms with Crippen LogP contribution >= 0.6 is 15.9 Å². The molecule has 1 aliphatic heterocycles. The Kier molecular flexibility index (Phi) is 6.89. The number of ether oxygens (including phenoxy) is 2. The molecule has 4 nitrogen and oxygen atoms in total. The number of hydrogen-bond acceptors (Lipinski definition) is 4. The number of rotatable bonds is 8. The second-order valence-electron chi connectivity index (χ2n) is 5.99. The van der Waals surface area contributed by atoms with E-state index < -0.39 is 6.10 Å². The summed E-state index contributed by atoms with van der Waals surface area (Å²) in [6.45, 7) is 7.04. The molecule has 1 aromatic rings. The van der Waals surface area contributed by atoms with Crippen molar-refractivity contribution in [2.75, 3.05) is 32.9 Å². The van der Waals surface area contributed by atoms with E-state index in [4.69, 9.17) is 9.47 Å². The molecule has 0 aromatic heterocycles. The predicted molar refractivity (Wildman–Crippen MR) is 92.1 cm³/mol. The quantitative estimate of drug-likeness (QED) is 0.739. The molecule has 0 bridgehead atoms. The van der Waals surface area contributed by atoms with Gasteiger partial charge in [0.2, 0.25) is 0 Å². The maximum atomic E-state index is 9.84. The third-order valence-electron chi connectivity index (χ3n) is 3.24. The molecule has 1 heterocycles. The minimum absolute atomic E-state index is 0.372. The highest BCUT2D eigenvalue weighted by Gasteiger charge is 2.12. The first kappa shape index (κ1) is 17.5. The Morgan fingerprint density at radius 2 is 2.18 bits per heavy atom. The van der Waals surface area contributed by atoms with Crippen molar-refractivity contribution in [2.24, 2.45) is 5.92 Å². The highest BCUT2D eigenvalue weighted by molar-refractivity contribution is 9.10. The summed E-state index contributed by atoms with van der Waals surface area (Å²) in [5, 5.41) is 13.1. The van der Waals surface area contributed by atoms with Crippen molar-refractivity contribution in [3.63, 3.8) is 0 Å². The Labute approximate surface area is 140 Å². The summed E-state index contributed by atoms with van der Waals surface area (Å²) >= 11 is 3.47. The summed E-state index contributed by atoms with van der Waals surface area (Å²) in [5.41, 5.74) is 2.25. The highest BCUT2D eigenvalue weighted by Crippen LogP contribution is 2.28. The van der Waals surface area contributed by atoms with E-state index in [1.807, 2.05) is 18.2 Å². The fourth-order valence-corrected chi connectivity index (χ4v) is 2.57. The average Bonchev–Trinajstić information content (AvgIpc) is 2.46. The highest BCUT2D eigenvalue weighted by atomic mass is 79.9. The summed E-state index contributed by atoms with van der Waals surface area (Å²) in [6, 6.07) is 5.99. The number of aliphatic hydroxyl groups excluding tert-OH is 1. The van der Waals surface area contributed by atoms with E-state index in [2.05, 4.69) is 41.2 Å². The van der Waals surface area contributed by atoms with Crippen LogP contribution in [0.2, 0.25) is 0 Å². The van der Waals surface area contributed by atoms with E-state index in [9.17, 15) is 5.11 Å². The van der Waals surface area contributed by atoms with Crippen molar-refractivity contribution in [3.05, 3.63) is 33.8 Å². The van der Waals surface area contributed by atoms with Crippen LogP contribution in [-0.2, 0) is 4.74 Å². The molecule has 2 rings (SSSR count). The number of fused-ring (bicyclic) bond motifs is 1. The van der Waals surface area contributed by atoms with Crippen molar-refractivity contribution in [1.82, 2.24) is 5.32 Å². The zero-order valence-corrected chi connectivity index (χ0v) is 14.7. The molecule has 122 valence electrons. The number of halogens is 1. The van der Waals surface area contributed by atoms with Crippen LogP contribution in [0.3, 0.4) is 0 Å². The lowest BCUT2D eigenvalue weighted by Crippen LogP contribution is -2.33. The summed E-state index contributed by atoms with van der Waals surface area (Å²) in [4.78, 5) is 0. The minimum atomic E-state index is -0.481. The number of aliphatic hydroxyl groups is 1. The summed E-state index contributed by atoms with van der Waals surface area (Å²) in [7, 11) is 0. The SMILES string of the molecule is CC(C)COCC(O)CNCC1=Cc2cc(Br)ccc2OC1. The van der Waals surface area contributed by atoms with Gasteiger partial charge in [-0.05, 0) is 35.8 Å². The molecule has 0 fully saturated rings. The molecule has 0 aliphatic carbocycles. The van der Waals surface area contributed by atoms with Gasteiger partial charge in [-0.25, -0.2) is 0 Å². The molecule has 0 saturated carbocycles. The van der Waals surface area contributed by atoms with Crippen LogP contribution < -0.4 is 10.1 Å². The van der Waals surface area contributed by atoms with Crippen LogP contribution in [-0.4, -0.2) is 44.1 Å². The molecular formula is C17H24BrNO3. The molecule has 1 aliphatic rings. The second-order valence-corrected chi connectivity index (χ2v) is 6.91. The van der Waals surface area contributed by atoms with Crippen LogP contribution in [0.25, 0.3) is 6.08 Å². The number of hydrogen-bond donors (Lipinski definition) is 2. The summed E-state index contributed by atoms with van der Waals surface area (Å²) in [6.07, 6.45) is 1.66. The molecular weight excluding hydrogens is 346 g/mol. The molecule has 2 N–H and O–H groups in total. The smallest absolute Gasteiger partial charge is 0.127 e. The Morgan fingerprint density at radius 1 is 1.36 bits per heavy atom. The Balaban J connectivity index is 1.73.